The van der Waals surface area contributed by atoms with E-state index in [1.165, 1.54) is 0 Å². The number of amides is 1. The number of nitrogens with zero attached hydrogens (tertiary/aromatic N) is 3. The molecule has 7 nitrogen and oxygen atoms in total. The van der Waals surface area contributed by atoms with Crippen LogP contribution < -0.4 is 4.90 Å². The molecule has 1 aromatic carbocycles. The number of rotatable bonds is 4. The van der Waals surface area contributed by atoms with Gasteiger partial charge in [0.25, 0.3) is 0 Å². The Kier molecular flexibility index (Phi) is 5.31. The fourth-order valence-corrected chi connectivity index (χ4v) is 2.75. The van der Waals surface area contributed by atoms with Gasteiger partial charge in [0.05, 0.1) is 6.20 Å². The Labute approximate surface area is 149 Å². The summed E-state index contributed by atoms with van der Waals surface area (Å²) < 4.78 is 18.5. The molecule has 3 rings (SSSR count). The van der Waals surface area contributed by atoms with E-state index in [4.69, 9.17) is 4.74 Å². The molecular weight excluding hydrogens is 341 g/mol. The lowest BCUT2D eigenvalue weighted by atomic mass is 10.2. The average molecular weight is 359 g/mol. The molecule has 2 heterocycles. The van der Waals surface area contributed by atoms with Crippen LogP contribution in [0.25, 0.3) is 0 Å². The Hall–Kier alpha value is -3.16. The van der Waals surface area contributed by atoms with Gasteiger partial charge in [0, 0.05) is 26.2 Å². The van der Waals surface area contributed by atoms with Crippen molar-refractivity contribution in [3.05, 3.63) is 59.5 Å². The van der Waals surface area contributed by atoms with Gasteiger partial charge in [-0.1, -0.05) is 30.3 Å². The van der Waals surface area contributed by atoms with Gasteiger partial charge in [0.2, 0.25) is 0 Å². The Bertz CT molecular complexity index is 792. The average Bonchev–Trinajstić information content (AvgIpc) is 2.67. The Balaban J connectivity index is 1.57. The molecule has 8 heteroatoms. The number of hydrogen-bond donors (Lipinski definition) is 1. The van der Waals surface area contributed by atoms with E-state index in [0.717, 1.165) is 17.8 Å². The highest BCUT2D eigenvalue weighted by Gasteiger charge is 2.26. The van der Waals surface area contributed by atoms with Gasteiger partial charge in [0.15, 0.2) is 0 Å². The van der Waals surface area contributed by atoms with Crippen molar-refractivity contribution in [2.24, 2.45) is 0 Å². The van der Waals surface area contributed by atoms with Gasteiger partial charge in [-0.3, -0.25) is 0 Å². The van der Waals surface area contributed by atoms with Crippen LogP contribution in [0, 0.1) is 5.82 Å². The number of aromatic carboxylic acids is 1. The van der Waals surface area contributed by atoms with Crippen LogP contribution in [0.15, 0.2) is 42.6 Å². The standard InChI is InChI=1S/C18H18FN3O4/c19-14-10-15(17(23)24)16(20-11-14)21-6-8-22(9-7-21)18(25)26-12-13-4-2-1-3-5-13/h1-5,10-11H,6-9,12H2,(H,23,24). The van der Waals surface area contributed by atoms with Gasteiger partial charge < -0.3 is 19.6 Å². The predicted octanol–water partition coefficient (Wildman–Crippen LogP) is 2.38. The minimum absolute atomic E-state index is 0.190. The normalized spacial score (nSPS) is 14.2. The predicted molar refractivity (Wildman–Crippen MR) is 91.6 cm³/mol. The number of piperazine rings is 1. The summed E-state index contributed by atoms with van der Waals surface area (Å²) >= 11 is 0. The van der Waals surface area contributed by atoms with Crippen LogP contribution in [0.4, 0.5) is 15.0 Å². The van der Waals surface area contributed by atoms with Crippen LogP contribution in [-0.4, -0.2) is 53.2 Å². The van der Waals surface area contributed by atoms with Gasteiger partial charge in [0.1, 0.15) is 23.8 Å². The number of benzene rings is 1. The van der Waals surface area contributed by atoms with E-state index in [9.17, 15) is 19.1 Å². The third kappa shape index (κ3) is 4.08. The van der Waals surface area contributed by atoms with Gasteiger partial charge in [-0.05, 0) is 11.6 Å². The molecule has 2 aromatic rings. The van der Waals surface area contributed by atoms with Crippen molar-refractivity contribution >= 4 is 17.9 Å². The first kappa shape index (κ1) is 17.7. The van der Waals surface area contributed by atoms with Crippen LogP contribution >= 0.6 is 0 Å². The summed E-state index contributed by atoms with van der Waals surface area (Å²) in [6.45, 7) is 1.71. The molecule has 0 radical (unpaired) electrons. The first-order valence-electron chi connectivity index (χ1n) is 8.14. The molecule has 1 saturated heterocycles. The number of carbonyl (C=O) groups excluding carboxylic acids is 1. The van der Waals surface area contributed by atoms with Crippen molar-refractivity contribution in [1.29, 1.82) is 0 Å². The van der Waals surface area contributed by atoms with Gasteiger partial charge in [-0.2, -0.15) is 0 Å². The van der Waals surface area contributed by atoms with Crippen LogP contribution in [-0.2, 0) is 11.3 Å². The summed E-state index contributed by atoms with van der Waals surface area (Å²) in [6.07, 6.45) is 0.571. The van der Waals surface area contributed by atoms with Crippen LogP contribution in [0.2, 0.25) is 0 Å². The highest BCUT2D eigenvalue weighted by atomic mass is 19.1. The van der Waals surface area contributed by atoms with Crippen LogP contribution in [0.5, 0.6) is 0 Å². The Morgan fingerprint density at radius 3 is 2.50 bits per heavy atom. The minimum Gasteiger partial charge on any atom is -0.478 e. The number of aromatic nitrogens is 1. The topological polar surface area (TPSA) is 83.0 Å². The molecule has 136 valence electrons. The molecule has 0 bridgehead atoms. The summed E-state index contributed by atoms with van der Waals surface area (Å²) in [5.41, 5.74) is 0.714. The molecule has 1 aromatic heterocycles. The zero-order chi connectivity index (χ0) is 18.5. The monoisotopic (exact) mass is 359 g/mol. The van der Waals surface area contributed by atoms with Crippen molar-refractivity contribution in [2.75, 3.05) is 31.1 Å². The smallest absolute Gasteiger partial charge is 0.410 e. The molecule has 1 N–H and O–H groups in total. The molecule has 0 spiro atoms. The summed E-state index contributed by atoms with van der Waals surface area (Å²) in [4.78, 5) is 30.6. The highest BCUT2D eigenvalue weighted by Crippen LogP contribution is 2.20. The number of carboxylic acids is 1. The molecule has 1 amide bonds. The Morgan fingerprint density at radius 2 is 1.85 bits per heavy atom. The van der Waals surface area contributed by atoms with E-state index in [0.29, 0.717) is 26.2 Å². The maximum Gasteiger partial charge on any atom is 0.410 e. The molecule has 0 saturated carbocycles. The van der Waals surface area contributed by atoms with Crippen molar-refractivity contribution < 1.29 is 23.8 Å². The molecule has 1 aliphatic heterocycles. The van der Waals surface area contributed by atoms with Crippen molar-refractivity contribution in [1.82, 2.24) is 9.88 Å². The van der Waals surface area contributed by atoms with E-state index in [1.807, 2.05) is 30.3 Å². The number of pyridine rings is 1. The fraction of sp³-hybridized carbons (Fsp3) is 0.278. The summed E-state index contributed by atoms with van der Waals surface area (Å²) in [5.74, 6) is -1.73. The van der Waals surface area contributed by atoms with E-state index in [-0.39, 0.29) is 18.0 Å². The van der Waals surface area contributed by atoms with E-state index in [2.05, 4.69) is 4.98 Å². The first-order chi connectivity index (χ1) is 12.5. The molecule has 0 atom stereocenters. The number of carboxylic acid groups (broad SMARTS) is 1. The van der Waals surface area contributed by atoms with Gasteiger partial charge in [-0.15, -0.1) is 0 Å². The number of hydrogen-bond acceptors (Lipinski definition) is 5. The number of halogens is 1. The van der Waals surface area contributed by atoms with Crippen molar-refractivity contribution in [3.8, 4) is 0 Å². The van der Waals surface area contributed by atoms with Gasteiger partial charge >= 0.3 is 12.1 Å². The summed E-state index contributed by atoms with van der Waals surface area (Å²) in [5, 5.41) is 9.22. The number of carbonyl (C=O) groups is 2. The van der Waals surface area contributed by atoms with E-state index >= 15 is 0 Å². The minimum atomic E-state index is -1.24. The third-order valence-corrected chi connectivity index (χ3v) is 4.11. The quantitative estimate of drug-likeness (QED) is 0.902. The van der Waals surface area contributed by atoms with Gasteiger partial charge in [-0.25, -0.2) is 19.0 Å². The van der Waals surface area contributed by atoms with Crippen LogP contribution in [0.1, 0.15) is 15.9 Å². The largest absolute Gasteiger partial charge is 0.478 e. The molecule has 1 fully saturated rings. The van der Waals surface area contributed by atoms with Crippen molar-refractivity contribution in [3.63, 3.8) is 0 Å². The molecule has 1 aliphatic rings. The second kappa shape index (κ2) is 7.81. The summed E-state index contributed by atoms with van der Waals surface area (Å²) in [7, 11) is 0. The highest BCUT2D eigenvalue weighted by molar-refractivity contribution is 5.93. The lowest BCUT2D eigenvalue weighted by Gasteiger charge is -2.35. The second-order valence-corrected chi connectivity index (χ2v) is 5.84. The van der Waals surface area contributed by atoms with E-state index in [1.54, 1.807) is 9.80 Å². The number of anilines is 1. The van der Waals surface area contributed by atoms with E-state index < -0.39 is 17.9 Å². The van der Waals surface area contributed by atoms with Crippen molar-refractivity contribution in [2.45, 2.75) is 6.61 Å². The zero-order valence-corrected chi connectivity index (χ0v) is 14.0. The molecule has 0 unspecified atom stereocenters. The second-order valence-electron chi connectivity index (χ2n) is 5.84. The van der Waals surface area contributed by atoms with Crippen LogP contribution in [0.3, 0.4) is 0 Å². The number of ether oxygens (including phenoxy) is 1. The maximum atomic E-state index is 13.3. The lowest BCUT2D eigenvalue weighted by Crippen LogP contribution is -2.49. The lowest BCUT2D eigenvalue weighted by molar-refractivity contribution is 0.0695. The molecule has 0 aliphatic carbocycles. The fourth-order valence-electron chi connectivity index (χ4n) is 2.75. The first-order valence-corrected chi connectivity index (χ1v) is 8.14. The zero-order valence-electron chi connectivity index (χ0n) is 14.0. The third-order valence-electron chi connectivity index (χ3n) is 4.11. The summed E-state index contributed by atoms with van der Waals surface area (Å²) in [6, 6.07) is 10.3. The molecule has 26 heavy (non-hydrogen) atoms. The molecular formula is C18H18FN3O4. The maximum absolute atomic E-state index is 13.3. The SMILES string of the molecule is O=C(O)c1cc(F)cnc1N1CCN(C(=O)OCc2ccccc2)CC1. The Morgan fingerprint density at radius 1 is 1.15 bits per heavy atom.